The molecule has 2 atom stereocenters. The lowest BCUT2D eigenvalue weighted by Gasteiger charge is -2.25. The average Bonchev–Trinajstić information content (AvgIpc) is 2.76. The quantitative estimate of drug-likeness (QED) is 0.526. The molecule has 4 N–H and O–H groups in total. The predicted molar refractivity (Wildman–Crippen MR) is 121 cm³/mol. The van der Waals surface area contributed by atoms with Crippen molar-refractivity contribution in [2.24, 2.45) is 0 Å². The third kappa shape index (κ3) is 5.80. The van der Waals surface area contributed by atoms with E-state index in [2.05, 4.69) is 20.3 Å². The molecule has 4 rings (SSSR count). The molecule has 32 heavy (non-hydrogen) atoms. The lowest BCUT2D eigenvalue weighted by molar-refractivity contribution is 0.0237. The van der Waals surface area contributed by atoms with Crippen molar-refractivity contribution in [1.82, 2.24) is 20.3 Å². The Balaban J connectivity index is 0.000000207. The van der Waals surface area contributed by atoms with E-state index in [1.807, 2.05) is 13.0 Å². The largest absolute Gasteiger partial charge is 0.446 e. The fraction of sp³-hybridized carbons (Fsp3) is 0.364. The van der Waals surface area contributed by atoms with Crippen LogP contribution < -0.4 is 11.1 Å². The summed E-state index contributed by atoms with van der Waals surface area (Å²) in [6.45, 7) is 1.89. The van der Waals surface area contributed by atoms with Crippen LogP contribution in [0.5, 0.6) is 0 Å². The molecule has 1 aromatic carbocycles. The first-order valence-electron chi connectivity index (χ1n) is 10.2. The summed E-state index contributed by atoms with van der Waals surface area (Å²) in [6, 6.07) is 4.97. The molecule has 0 aliphatic heterocycles. The highest BCUT2D eigenvalue weighted by atomic mass is 35.5. The number of fused-ring (bicyclic) bond motifs is 1. The number of hydrogen-bond acceptors (Lipinski definition) is 7. The summed E-state index contributed by atoms with van der Waals surface area (Å²) in [5.41, 5.74) is 7.76. The standard InChI is InChI=1S/C14H10ClFN4.C8H15NO3/c1-7-2-3-18-13-9(7)4-8(5-11(13)16)12-10(15)6-19-14(17)20-12;1-9-8(11)12-7-4-2-3-6(10)5-7/h2-6H,1H3,(H2,17,19,20);6-7,10H,2-5H2,1H3,(H,9,11). The average molecular weight is 462 g/mol. The highest BCUT2D eigenvalue weighted by molar-refractivity contribution is 6.33. The maximum atomic E-state index is 14.2. The number of nitrogens with one attached hydrogen (secondary N) is 1. The van der Waals surface area contributed by atoms with Crippen molar-refractivity contribution in [3.63, 3.8) is 0 Å². The zero-order chi connectivity index (χ0) is 23.3. The number of nitrogen functional groups attached to an aromatic ring is 1. The molecule has 3 aromatic rings. The lowest BCUT2D eigenvalue weighted by atomic mass is 9.95. The Labute approximate surface area is 190 Å². The molecule has 2 unspecified atom stereocenters. The van der Waals surface area contributed by atoms with Gasteiger partial charge in [0.15, 0.2) is 0 Å². The minimum Gasteiger partial charge on any atom is -0.446 e. The van der Waals surface area contributed by atoms with Gasteiger partial charge in [-0.25, -0.2) is 19.2 Å². The zero-order valence-electron chi connectivity index (χ0n) is 17.8. The van der Waals surface area contributed by atoms with Gasteiger partial charge in [-0.3, -0.25) is 4.98 Å². The van der Waals surface area contributed by atoms with Crippen LogP contribution in [0.25, 0.3) is 22.2 Å². The van der Waals surface area contributed by atoms with Crippen LogP contribution in [0, 0.1) is 12.7 Å². The van der Waals surface area contributed by atoms with Gasteiger partial charge < -0.3 is 20.9 Å². The molecule has 0 bridgehead atoms. The van der Waals surface area contributed by atoms with E-state index in [1.165, 1.54) is 19.3 Å². The van der Waals surface area contributed by atoms with Crippen LogP contribution >= 0.6 is 11.6 Å². The van der Waals surface area contributed by atoms with Gasteiger partial charge in [0.25, 0.3) is 0 Å². The Morgan fingerprint density at radius 1 is 1.34 bits per heavy atom. The van der Waals surface area contributed by atoms with Crippen molar-refractivity contribution < 1.29 is 19.0 Å². The number of halogens is 2. The molecule has 10 heteroatoms. The van der Waals surface area contributed by atoms with Crippen LogP contribution in [0.4, 0.5) is 15.1 Å². The number of carbonyl (C=O) groups excluding carboxylic acids is 1. The van der Waals surface area contributed by atoms with Crippen LogP contribution in [0.2, 0.25) is 5.02 Å². The van der Waals surface area contributed by atoms with Gasteiger partial charge in [0.05, 0.1) is 23.0 Å². The first kappa shape index (κ1) is 23.6. The van der Waals surface area contributed by atoms with Crippen LogP contribution in [-0.4, -0.2) is 45.4 Å². The fourth-order valence-corrected chi connectivity index (χ4v) is 3.70. The van der Waals surface area contributed by atoms with Crippen molar-refractivity contribution >= 4 is 34.5 Å². The summed E-state index contributed by atoms with van der Waals surface area (Å²) in [5, 5.41) is 12.7. The number of aromatic nitrogens is 3. The number of aryl methyl sites for hydroxylation is 1. The van der Waals surface area contributed by atoms with Gasteiger partial charge in [-0.1, -0.05) is 11.6 Å². The summed E-state index contributed by atoms with van der Waals surface area (Å²) in [4.78, 5) is 22.7. The number of hydrogen-bond donors (Lipinski definition) is 3. The number of aliphatic hydroxyl groups is 1. The van der Waals surface area contributed by atoms with Gasteiger partial charge in [-0.15, -0.1) is 0 Å². The molecule has 8 nitrogen and oxygen atoms in total. The van der Waals surface area contributed by atoms with E-state index < -0.39 is 11.9 Å². The van der Waals surface area contributed by atoms with Crippen molar-refractivity contribution in [2.45, 2.75) is 44.8 Å². The smallest absolute Gasteiger partial charge is 0.407 e. The van der Waals surface area contributed by atoms with Crippen LogP contribution in [0.1, 0.15) is 31.2 Å². The van der Waals surface area contributed by atoms with Crippen LogP contribution in [-0.2, 0) is 4.74 Å². The van der Waals surface area contributed by atoms with E-state index in [1.54, 1.807) is 12.3 Å². The van der Waals surface area contributed by atoms with Crippen molar-refractivity contribution in [3.8, 4) is 11.3 Å². The lowest BCUT2D eigenvalue weighted by Crippen LogP contribution is -2.31. The molecule has 2 heterocycles. The SMILES string of the molecule is CNC(=O)OC1CCCC(O)C1.Cc1ccnc2c(F)cc(-c3nc(N)ncc3Cl)cc12. The summed E-state index contributed by atoms with van der Waals surface area (Å²) in [6.07, 6.45) is 5.37. The van der Waals surface area contributed by atoms with E-state index in [0.29, 0.717) is 28.2 Å². The fourth-order valence-electron chi connectivity index (χ4n) is 3.50. The topological polar surface area (TPSA) is 123 Å². The second kappa shape index (κ2) is 10.5. The molecule has 1 saturated carbocycles. The first-order valence-corrected chi connectivity index (χ1v) is 10.6. The van der Waals surface area contributed by atoms with Gasteiger partial charge in [0.2, 0.25) is 5.95 Å². The summed E-state index contributed by atoms with van der Waals surface area (Å²) in [7, 11) is 1.53. The van der Waals surface area contributed by atoms with Gasteiger partial charge in [0.1, 0.15) is 17.4 Å². The Kier molecular flexibility index (Phi) is 7.76. The van der Waals surface area contributed by atoms with E-state index in [9.17, 15) is 14.3 Å². The van der Waals surface area contributed by atoms with Crippen molar-refractivity contribution in [3.05, 3.63) is 47.0 Å². The number of pyridine rings is 1. The summed E-state index contributed by atoms with van der Waals surface area (Å²) >= 11 is 6.06. The number of carbonyl (C=O) groups is 1. The first-order chi connectivity index (χ1) is 15.3. The van der Waals surface area contributed by atoms with Crippen LogP contribution in [0.15, 0.2) is 30.6 Å². The third-order valence-electron chi connectivity index (χ3n) is 5.13. The van der Waals surface area contributed by atoms with E-state index in [0.717, 1.165) is 30.2 Å². The summed E-state index contributed by atoms with van der Waals surface area (Å²) < 4.78 is 19.2. The zero-order valence-corrected chi connectivity index (χ0v) is 18.6. The number of amides is 1. The number of aliphatic hydroxyl groups excluding tert-OH is 1. The number of anilines is 1. The van der Waals surface area contributed by atoms with E-state index >= 15 is 0 Å². The van der Waals surface area contributed by atoms with Gasteiger partial charge >= 0.3 is 6.09 Å². The molecule has 1 aliphatic carbocycles. The minimum atomic E-state index is -0.422. The van der Waals surface area contributed by atoms with Crippen molar-refractivity contribution in [1.29, 1.82) is 0 Å². The molecule has 0 spiro atoms. The molecule has 170 valence electrons. The third-order valence-corrected chi connectivity index (χ3v) is 5.41. The molecule has 0 saturated heterocycles. The summed E-state index contributed by atoms with van der Waals surface area (Å²) in [5.74, 6) is -0.331. The number of rotatable bonds is 2. The Bertz CT molecular complexity index is 1110. The molecular formula is C22H25ClFN5O3. The highest BCUT2D eigenvalue weighted by Gasteiger charge is 2.22. The van der Waals surface area contributed by atoms with E-state index in [-0.39, 0.29) is 18.2 Å². The highest BCUT2D eigenvalue weighted by Crippen LogP contribution is 2.30. The van der Waals surface area contributed by atoms with E-state index in [4.69, 9.17) is 22.1 Å². The number of ether oxygens (including phenoxy) is 1. The Morgan fingerprint density at radius 2 is 2.12 bits per heavy atom. The predicted octanol–water partition coefficient (Wildman–Crippen LogP) is 4.02. The minimum absolute atomic E-state index is 0.0906. The molecule has 2 aromatic heterocycles. The monoisotopic (exact) mass is 461 g/mol. The van der Waals surface area contributed by atoms with Crippen LogP contribution in [0.3, 0.4) is 0 Å². The number of nitrogens with two attached hydrogens (primary N) is 1. The molecule has 1 amide bonds. The normalized spacial score (nSPS) is 17.9. The molecule has 0 radical (unpaired) electrons. The second-order valence-electron chi connectivity index (χ2n) is 7.50. The number of nitrogens with zero attached hydrogens (tertiary/aromatic N) is 3. The Morgan fingerprint density at radius 3 is 2.84 bits per heavy atom. The number of alkyl carbamates (subject to hydrolysis) is 1. The van der Waals surface area contributed by atoms with Gasteiger partial charge in [0, 0.05) is 30.6 Å². The van der Waals surface area contributed by atoms with Gasteiger partial charge in [-0.05, 0) is 49.9 Å². The second-order valence-corrected chi connectivity index (χ2v) is 7.91. The maximum Gasteiger partial charge on any atom is 0.407 e. The Hall–Kier alpha value is -3.04. The molecular weight excluding hydrogens is 437 g/mol. The number of benzene rings is 1. The molecule has 1 aliphatic rings. The van der Waals surface area contributed by atoms with Gasteiger partial charge in [-0.2, -0.15) is 0 Å². The maximum absolute atomic E-state index is 14.2. The van der Waals surface area contributed by atoms with Crippen molar-refractivity contribution in [2.75, 3.05) is 12.8 Å². The molecule has 1 fully saturated rings.